The standard InChI is InChI=1S/C16H22IN7O3/c1-25-14(26-2)9-27-8-13-7-23(15-19-5-12(17)6-20-15)3-4-24(13)16-21-10-18-11-22-16/h5-6,10-11,13-14H,3-4,7-9H2,1-2H3/t13-/m1/s1. The average molecular weight is 487 g/mol. The number of hydrogen-bond donors (Lipinski definition) is 0. The molecule has 146 valence electrons. The zero-order chi connectivity index (χ0) is 19.1. The third-order valence-electron chi connectivity index (χ3n) is 4.20. The van der Waals surface area contributed by atoms with Crippen LogP contribution in [0.25, 0.3) is 0 Å². The van der Waals surface area contributed by atoms with E-state index in [1.807, 2.05) is 12.4 Å². The summed E-state index contributed by atoms with van der Waals surface area (Å²) in [5, 5.41) is 0. The second-order valence-electron chi connectivity index (χ2n) is 5.87. The molecule has 10 nitrogen and oxygen atoms in total. The van der Waals surface area contributed by atoms with Crippen LogP contribution in [-0.4, -0.2) is 84.3 Å². The first kappa shape index (κ1) is 20.0. The Balaban J connectivity index is 1.70. The quantitative estimate of drug-likeness (QED) is 0.389. The van der Waals surface area contributed by atoms with Crippen LogP contribution in [0.3, 0.4) is 0 Å². The molecule has 0 aromatic carbocycles. The number of ether oxygens (including phenoxy) is 3. The Morgan fingerprint density at radius 2 is 1.78 bits per heavy atom. The molecule has 3 rings (SSSR count). The highest BCUT2D eigenvalue weighted by atomic mass is 127. The van der Waals surface area contributed by atoms with Gasteiger partial charge in [-0.25, -0.2) is 24.9 Å². The molecule has 1 atom stereocenters. The van der Waals surface area contributed by atoms with Crippen molar-refractivity contribution in [3.63, 3.8) is 0 Å². The van der Waals surface area contributed by atoms with E-state index in [1.165, 1.54) is 12.7 Å². The smallest absolute Gasteiger partial charge is 0.228 e. The maximum absolute atomic E-state index is 5.84. The number of anilines is 2. The predicted octanol–water partition coefficient (Wildman–Crippen LogP) is 0.597. The van der Waals surface area contributed by atoms with E-state index in [2.05, 4.69) is 57.3 Å². The molecular weight excluding hydrogens is 465 g/mol. The first-order valence-corrected chi connectivity index (χ1v) is 9.53. The molecule has 11 heteroatoms. The Morgan fingerprint density at radius 1 is 1.07 bits per heavy atom. The van der Waals surface area contributed by atoms with Gasteiger partial charge in [-0.2, -0.15) is 0 Å². The molecule has 2 aromatic heterocycles. The summed E-state index contributed by atoms with van der Waals surface area (Å²) in [6, 6.07) is 0.0263. The fourth-order valence-corrected chi connectivity index (χ4v) is 3.10. The van der Waals surface area contributed by atoms with E-state index in [1.54, 1.807) is 14.2 Å². The molecule has 3 heterocycles. The van der Waals surface area contributed by atoms with Gasteiger partial charge in [-0.1, -0.05) is 0 Å². The minimum Gasteiger partial charge on any atom is -0.374 e. The van der Waals surface area contributed by atoms with Crippen molar-refractivity contribution in [2.45, 2.75) is 12.3 Å². The number of rotatable bonds is 8. The predicted molar refractivity (Wildman–Crippen MR) is 107 cm³/mol. The van der Waals surface area contributed by atoms with Gasteiger partial charge in [0.05, 0.1) is 19.3 Å². The number of hydrogen-bond acceptors (Lipinski definition) is 10. The molecule has 27 heavy (non-hydrogen) atoms. The van der Waals surface area contributed by atoms with Crippen molar-refractivity contribution in [2.75, 3.05) is 56.9 Å². The maximum Gasteiger partial charge on any atom is 0.228 e. The van der Waals surface area contributed by atoms with E-state index in [9.17, 15) is 0 Å². The molecule has 1 saturated heterocycles. The van der Waals surface area contributed by atoms with Crippen LogP contribution in [0.2, 0.25) is 0 Å². The number of nitrogens with zero attached hydrogens (tertiary/aromatic N) is 7. The minimum absolute atomic E-state index is 0.0263. The van der Waals surface area contributed by atoms with E-state index in [0.29, 0.717) is 31.7 Å². The molecule has 1 aliphatic rings. The van der Waals surface area contributed by atoms with Crippen LogP contribution >= 0.6 is 22.6 Å². The number of methoxy groups -OCH3 is 2. The molecule has 0 aliphatic carbocycles. The van der Waals surface area contributed by atoms with Crippen molar-refractivity contribution >= 4 is 34.5 Å². The summed E-state index contributed by atoms with van der Waals surface area (Å²) in [5.74, 6) is 1.35. The zero-order valence-electron chi connectivity index (χ0n) is 15.2. The summed E-state index contributed by atoms with van der Waals surface area (Å²) in [7, 11) is 3.18. The van der Waals surface area contributed by atoms with E-state index < -0.39 is 6.29 Å². The van der Waals surface area contributed by atoms with Crippen LogP contribution in [0.4, 0.5) is 11.9 Å². The molecule has 0 N–H and O–H groups in total. The SMILES string of the molecule is COC(COC[C@H]1CN(c2ncc(I)cn2)CCN1c1ncncn1)OC. The molecular formula is C16H22IN7O3. The normalized spacial score (nSPS) is 17.6. The van der Waals surface area contributed by atoms with E-state index >= 15 is 0 Å². The first-order valence-electron chi connectivity index (χ1n) is 8.45. The molecule has 0 saturated carbocycles. The number of halogens is 1. The fraction of sp³-hybridized carbons (Fsp3) is 0.562. The van der Waals surface area contributed by atoms with Gasteiger partial charge in [-0.15, -0.1) is 0 Å². The highest BCUT2D eigenvalue weighted by Crippen LogP contribution is 2.19. The molecule has 0 unspecified atom stereocenters. The van der Waals surface area contributed by atoms with Crippen molar-refractivity contribution in [3.05, 3.63) is 28.6 Å². The lowest BCUT2D eigenvalue weighted by molar-refractivity contribution is -0.141. The van der Waals surface area contributed by atoms with Crippen molar-refractivity contribution in [3.8, 4) is 0 Å². The van der Waals surface area contributed by atoms with Crippen LogP contribution < -0.4 is 9.80 Å². The van der Waals surface area contributed by atoms with Crippen molar-refractivity contribution in [1.82, 2.24) is 24.9 Å². The maximum atomic E-state index is 5.84. The Morgan fingerprint density at radius 3 is 2.44 bits per heavy atom. The van der Waals surface area contributed by atoms with Crippen LogP contribution in [0.15, 0.2) is 25.0 Å². The molecule has 0 spiro atoms. The first-order chi connectivity index (χ1) is 13.2. The lowest BCUT2D eigenvalue weighted by atomic mass is 10.2. The summed E-state index contributed by atoms with van der Waals surface area (Å²) in [5.41, 5.74) is 0. The molecule has 1 fully saturated rings. The van der Waals surface area contributed by atoms with Crippen molar-refractivity contribution < 1.29 is 14.2 Å². The van der Waals surface area contributed by atoms with E-state index in [0.717, 1.165) is 16.7 Å². The Hall–Kier alpha value is -1.70. The molecule has 0 amide bonds. The van der Waals surface area contributed by atoms with Gasteiger partial charge < -0.3 is 24.0 Å². The molecule has 2 aromatic rings. The molecule has 0 radical (unpaired) electrons. The average Bonchev–Trinajstić information content (AvgIpc) is 2.72. The second kappa shape index (κ2) is 10.0. The Labute approximate surface area is 171 Å². The third kappa shape index (κ3) is 5.40. The van der Waals surface area contributed by atoms with Crippen LogP contribution in [0.5, 0.6) is 0 Å². The third-order valence-corrected chi connectivity index (χ3v) is 4.76. The highest BCUT2D eigenvalue weighted by Gasteiger charge is 2.30. The van der Waals surface area contributed by atoms with Gasteiger partial charge in [0.2, 0.25) is 11.9 Å². The lowest BCUT2D eigenvalue weighted by Gasteiger charge is -2.41. The topological polar surface area (TPSA) is 98.6 Å². The zero-order valence-corrected chi connectivity index (χ0v) is 17.4. The van der Waals surface area contributed by atoms with Gasteiger partial charge >= 0.3 is 0 Å². The van der Waals surface area contributed by atoms with Gasteiger partial charge in [0.1, 0.15) is 12.7 Å². The van der Waals surface area contributed by atoms with Crippen LogP contribution in [-0.2, 0) is 14.2 Å². The summed E-state index contributed by atoms with van der Waals surface area (Å²) >= 11 is 2.20. The van der Waals surface area contributed by atoms with Gasteiger partial charge in [-0.3, -0.25) is 0 Å². The monoisotopic (exact) mass is 487 g/mol. The summed E-state index contributed by atoms with van der Waals surface area (Å²) in [6.07, 6.45) is 6.24. The fourth-order valence-electron chi connectivity index (χ4n) is 2.83. The molecule has 0 bridgehead atoms. The van der Waals surface area contributed by atoms with Gasteiger partial charge in [0.25, 0.3) is 0 Å². The summed E-state index contributed by atoms with van der Waals surface area (Å²) in [6.45, 7) is 2.99. The second-order valence-corrected chi connectivity index (χ2v) is 7.12. The number of piperazine rings is 1. The van der Waals surface area contributed by atoms with Gasteiger partial charge in [0, 0.05) is 49.8 Å². The molecule has 1 aliphatic heterocycles. The Bertz CT molecular complexity index is 690. The van der Waals surface area contributed by atoms with Crippen LogP contribution in [0, 0.1) is 3.57 Å². The highest BCUT2D eigenvalue weighted by molar-refractivity contribution is 14.1. The minimum atomic E-state index is -0.394. The van der Waals surface area contributed by atoms with Crippen molar-refractivity contribution in [1.29, 1.82) is 0 Å². The lowest BCUT2D eigenvalue weighted by Crippen LogP contribution is -2.56. The van der Waals surface area contributed by atoms with E-state index in [4.69, 9.17) is 14.2 Å². The summed E-state index contributed by atoms with van der Waals surface area (Å²) < 4.78 is 17.2. The number of aromatic nitrogens is 5. The Kier molecular flexibility index (Phi) is 7.43. The van der Waals surface area contributed by atoms with Gasteiger partial charge in [0.15, 0.2) is 6.29 Å². The largest absolute Gasteiger partial charge is 0.374 e. The van der Waals surface area contributed by atoms with Gasteiger partial charge in [-0.05, 0) is 22.6 Å². The van der Waals surface area contributed by atoms with Crippen molar-refractivity contribution in [2.24, 2.45) is 0 Å². The summed E-state index contributed by atoms with van der Waals surface area (Å²) in [4.78, 5) is 25.6. The van der Waals surface area contributed by atoms with Crippen LogP contribution in [0.1, 0.15) is 0 Å². The van der Waals surface area contributed by atoms with E-state index in [-0.39, 0.29) is 6.04 Å².